The monoisotopic (exact) mass is 472 g/mol. The topological polar surface area (TPSA) is 135 Å². The van der Waals surface area contributed by atoms with Gasteiger partial charge in [-0.2, -0.15) is 0 Å². The van der Waals surface area contributed by atoms with Crippen molar-refractivity contribution in [2.24, 2.45) is 5.73 Å². The zero-order valence-corrected chi connectivity index (χ0v) is 19.4. The molecular weight excluding hydrogens is 448 g/mol. The Hall–Kier alpha value is -2.98. The van der Waals surface area contributed by atoms with Crippen molar-refractivity contribution < 1.29 is 18.0 Å². The SMILES string of the molecule is Cc1ccc(C)c(S(=O)(=O)C2(C(=O)Nc3nc(-c4c[nH]c(C(N)=O)c4)cs3)CCCC2)c1. The molecule has 0 bridgehead atoms. The maximum atomic E-state index is 13.7. The van der Waals surface area contributed by atoms with Crippen LogP contribution in [0, 0.1) is 13.8 Å². The molecule has 1 aliphatic carbocycles. The molecule has 1 saturated carbocycles. The number of nitrogens with zero attached hydrogens (tertiary/aromatic N) is 1. The predicted octanol–water partition coefficient (Wildman–Crippen LogP) is 3.58. The Kier molecular flexibility index (Phi) is 5.68. The number of hydrogen-bond acceptors (Lipinski definition) is 6. The standard InChI is InChI=1S/C22H24N4O4S2/c1-13-5-6-14(2)18(9-13)32(29,30)22(7-3-4-8-22)20(28)26-21-25-17(12-31-21)15-10-16(19(23)27)24-11-15/h5-6,9-12,24H,3-4,7-8H2,1-2H3,(H2,23,27)(H,25,26,28). The molecule has 0 radical (unpaired) electrons. The third-order valence-corrected chi connectivity index (χ3v) is 9.34. The van der Waals surface area contributed by atoms with Gasteiger partial charge in [-0.3, -0.25) is 9.59 Å². The average molecular weight is 473 g/mol. The lowest BCUT2D eigenvalue weighted by Gasteiger charge is -2.28. The van der Waals surface area contributed by atoms with Crippen LogP contribution in [0.1, 0.15) is 47.3 Å². The second kappa shape index (κ2) is 8.18. The number of amides is 2. The first-order valence-corrected chi connectivity index (χ1v) is 12.6. The first kappa shape index (κ1) is 22.2. The minimum Gasteiger partial charge on any atom is -0.364 e. The number of primary amides is 1. The van der Waals surface area contributed by atoms with Crippen molar-refractivity contribution >= 4 is 38.1 Å². The van der Waals surface area contributed by atoms with E-state index >= 15 is 0 Å². The highest BCUT2D eigenvalue weighted by atomic mass is 32.2. The summed E-state index contributed by atoms with van der Waals surface area (Å²) in [5.41, 5.74) is 8.17. The average Bonchev–Trinajstić information content (AvgIpc) is 3.50. The summed E-state index contributed by atoms with van der Waals surface area (Å²) in [6, 6.07) is 6.85. The molecule has 1 aromatic carbocycles. The summed E-state index contributed by atoms with van der Waals surface area (Å²) in [5, 5.41) is 4.77. The number of nitrogens with two attached hydrogens (primary N) is 1. The Balaban J connectivity index is 1.64. The molecule has 3 aromatic rings. The van der Waals surface area contributed by atoms with E-state index in [1.807, 2.05) is 13.0 Å². The van der Waals surface area contributed by atoms with Crippen LogP contribution in [0.25, 0.3) is 11.3 Å². The molecule has 168 valence electrons. The minimum atomic E-state index is -3.92. The van der Waals surface area contributed by atoms with Crippen molar-refractivity contribution in [3.8, 4) is 11.3 Å². The molecule has 10 heteroatoms. The van der Waals surface area contributed by atoms with E-state index in [4.69, 9.17) is 5.73 Å². The highest BCUT2D eigenvalue weighted by Gasteiger charge is 2.53. The van der Waals surface area contributed by atoms with Crippen LogP contribution in [0.2, 0.25) is 0 Å². The number of nitrogens with one attached hydrogen (secondary N) is 2. The highest BCUT2D eigenvalue weighted by molar-refractivity contribution is 7.93. The molecule has 0 aliphatic heterocycles. The predicted molar refractivity (Wildman–Crippen MR) is 123 cm³/mol. The Labute approximate surface area is 190 Å². The largest absolute Gasteiger partial charge is 0.364 e. The minimum absolute atomic E-state index is 0.209. The molecule has 0 spiro atoms. The van der Waals surface area contributed by atoms with Crippen molar-refractivity contribution in [1.82, 2.24) is 9.97 Å². The van der Waals surface area contributed by atoms with E-state index in [1.165, 1.54) is 11.3 Å². The van der Waals surface area contributed by atoms with Gasteiger partial charge in [-0.05, 0) is 49.9 Å². The normalized spacial score (nSPS) is 15.6. The zero-order valence-electron chi connectivity index (χ0n) is 17.8. The van der Waals surface area contributed by atoms with Crippen LogP contribution in [-0.2, 0) is 14.6 Å². The summed E-state index contributed by atoms with van der Waals surface area (Å²) < 4.78 is 25.9. The van der Waals surface area contributed by atoms with Gasteiger partial charge in [0.15, 0.2) is 19.7 Å². The van der Waals surface area contributed by atoms with Gasteiger partial charge in [-0.1, -0.05) is 25.0 Å². The first-order valence-electron chi connectivity index (χ1n) is 10.2. The van der Waals surface area contributed by atoms with Gasteiger partial charge in [-0.25, -0.2) is 13.4 Å². The first-order chi connectivity index (χ1) is 15.1. The number of H-pyrrole nitrogens is 1. The van der Waals surface area contributed by atoms with E-state index in [2.05, 4.69) is 15.3 Å². The van der Waals surface area contributed by atoms with E-state index in [0.29, 0.717) is 34.8 Å². The summed E-state index contributed by atoms with van der Waals surface area (Å²) in [7, 11) is -3.92. The summed E-state index contributed by atoms with van der Waals surface area (Å²) in [6.45, 7) is 3.58. The van der Waals surface area contributed by atoms with Crippen LogP contribution >= 0.6 is 11.3 Å². The van der Waals surface area contributed by atoms with Gasteiger partial charge in [0.1, 0.15) is 5.69 Å². The van der Waals surface area contributed by atoms with Crippen LogP contribution in [-0.4, -0.2) is 34.9 Å². The third kappa shape index (κ3) is 3.73. The number of anilines is 1. The van der Waals surface area contributed by atoms with Crippen molar-refractivity contribution in [2.75, 3.05) is 5.32 Å². The second-order valence-corrected chi connectivity index (χ2v) is 11.2. The van der Waals surface area contributed by atoms with Crippen LogP contribution in [0.15, 0.2) is 40.7 Å². The number of hydrogen-bond donors (Lipinski definition) is 3. The van der Waals surface area contributed by atoms with Gasteiger partial charge in [0, 0.05) is 17.1 Å². The van der Waals surface area contributed by atoms with Crippen LogP contribution < -0.4 is 11.1 Å². The Morgan fingerprint density at radius 3 is 2.56 bits per heavy atom. The summed E-state index contributed by atoms with van der Waals surface area (Å²) >= 11 is 1.19. The fourth-order valence-electron chi connectivity index (χ4n) is 4.13. The lowest BCUT2D eigenvalue weighted by molar-refractivity contribution is -0.118. The lowest BCUT2D eigenvalue weighted by atomic mass is 10.1. The molecule has 0 atom stereocenters. The summed E-state index contributed by atoms with van der Waals surface area (Å²) in [6.07, 6.45) is 3.48. The van der Waals surface area contributed by atoms with Gasteiger partial charge in [0.2, 0.25) is 5.91 Å². The number of aromatic nitrogens is 2. The molecule has 32 heavy (non-hydrogen) atoms. The number of carbonyl (C=O) groups is 2. The van der Waals surface area contributed by atoms with Gasteiger partial charge in [0.05, 0.1) is 10.6 Å². The Bertz CT molecular complexity index is 1300. The number of rotatable bonds is 6. The number of sulfone groups is 1. The smallest absolute Gasteiger partial charge is 0.265 e. The third-order valence-electron chi connectivity index (χ3n) is 5.94. The lowest BCUT2D eigenvalue weighted by Crippen LogP contribution is -2.47. The quantitative estimate of drug-likeness (QED) is 0.504. The molecular formula is C22H24N4O4S2. The van der Waals surface area contributed by atoms with Crippen LogP contribution in [0.4, 0.5) is 5.13 Å². The van der Waals surface area contributed by atoms with Crippen molar-refractivity contribution in [3.63, 3.8) is 0 Å². The zero-order chi connectivity index (χ0) is 23.1. The van der Waals surface area contributed by atoms with Crippen molar-refractivity contribution in [1.29, 1.82) is 0 Å². The Morgan fingerprint density at radius 1 is 1.19 bits per heavy atom. The van der Waals surface area contributed by atoms with Gasteiger partial charge in [0.25, 0.3) is 5.91 Å². The molecule has 0 saturated heterocycles. The molecule has 2 amide bonds. The van der Waals surface area contributed by atoms with Crippen LogP contribution in [0.5, 0.6) is 0 Å². The van der Waals surface area contributed by atoms with E-state index in [-0.39, 0.29) is 23.4 Å². The molecule has 1 aliphatic rings. The van der Waals surface area contributed by atoms with Crippen molar-refractivity contribution in [3.05, 3.63) is 52.7 Å². The maximum Gasteiger partial charge on any atom is 0.265 e. The highest BCUT2D eigenvalue weighted by Crippen LogP contribution is 2.42. The van der Waals surface area contributed by atoms with E-state index in [0.717, 1.165) is 5.56 Å². The van der Waals surface area contributed by atoms with Crippen molar-refractivity contribution in [2.45, 2.75) is 49.2 Å². The maximum absolute atomic E-state index is 13.7. The van der Waals surface area contributed by atoms with E-state index in [9.17, 15) is 18.0 Å². The molecule has 8 nitrogen and oxygen atoms in total. The molecule has 0 unspecified atom stereocenters. The summed E-state index contributed by atoms with van der Waals surface area (Å²) in [5.74, 6) is -1.14. The van der Waals surface area contributed by atoms with E-state index < -0.39 is 26.4 Å². The molecule has 2 heterocycles. The number of aromatic amines is 1. The van der Waals surface area contributed by atoms with Gasteiger partial charge in [-0.15, -0.1) is 11.3 Å². The summed E-state index contributed by atoms with van der Waals surface area (Å²) in [4.78, 5) is 32.1. The number of carbonyl (C=O) groups excluding carboxylic acids is 2. The molecule has 2 aromatic heterocycles. The molecule has 1 fully saturated rings. The van der Waals surface area contributed by atoms with Gasteiger partial charge < -0.3 is 16.0 Å². The van der Waals surface area contributed by atoms with Gasteiger partial charge >= 0.3 is 0 Å². The Morgan fingerprint density at radius 2 is 1.91 bits per heavy atom. The second-order valence-electron chi connectivity index (χ2n) is 8.13. The number of benzene rings is 1. The fourth-order valence-corrected chi connectivity index (χ4v) is 7.22. The molecule has 4 N–H and O–H groups in total. The number of aryl methyl sites for hydroxylation is 2. The number of thiazole rings is 1. The van der Waals surface area contributed by atoms with E-state index in [1.54, 1.807) is 36.7 Å². The van der Waals surface area contributed by atoms with Crippen LogP contribution in [0.3, 0.4) is 0 Å². The fraction of sp³-hybridized carbons (Fsp3) is 0.318. The molecule has 4 rings (SSSR count).